The van der Waals surface area contributed by atoms with E-state index in [0.717, 1.165) is 25.0 Å². The maximum absolute atomic E-state index is 5.14. The van der Waals surface area contributed by atoms with Gasteiger partial charge in [-0.25, -0.2) is 0 Å². The molecule has 0 aromatic carbocycles. The topological polar surface area (TPSA) is 12.5 Å². The molecule has 1 aliphatic heterocycles. The number of rotatable bonds is 4. The van der Waals surface area contributed by atoms with Crippen LogP contribution < -0.4 is 0 Å². The molecule has 0 amide bonds. The van der Waals surface area contributed by atoms with E-state index < -0.39 is 0 Å². The van der Waals surface area contributed by atoms with Gasteiger partial charge in [-0.1, -0.05) is 32.1 Å². The van der Waals surface area contributed by atoms with E-state index in [1.54, 1.807) is 7.11 Å². The molecule has 0 bridgehead atoms. The van der Waals surface area contributed by atoms with Crippen LogP contribution in [0.1, 0.15) is 38.5 Å². The molecule has 1 saturated carbocycles. The summed E-state index contributed by atoms with van der Waals surface area (Å²) in [4.78, 5) is 2.59. The predicted molar refractivity (Wildman–Crippen MR) is 63.0 cm³/mol. The van der Waals surface area contributed by atoms with Crippen LogP contribution in [0.15, 0.2) is 0 Å². The molecule has 0 aromatic heterocycles. The summed E-state index contributed by atoms with van der Waals surface area (Å²) in [5.74, 6) is 2.05. The summed E-state index contributed by atoms with van der Waals surface area (Å²) >= 11 is 0. The van der Waals surface area contributed by atoms with Crippen LogP contribution in [0.4, 0.5) is 0 Å². The predicted octanol–water partition coefficient (Wildman–Crippen LogP) is 2.54. The van der Waals surface area contributed by atoms with E-state index >= 15 is 0 Å². The second-order valence-electron chi connectivity index (χ2n) is 5.24. The third kappa shape index (κ3) is 3.18. The molecular weight excluding hydrogens is 186 g/mol. The number of hydrogen-bond donors (Lipinski definition) is 0. The molecule has 15 heavy (non-hydrogen) atoms. The quantitative estimate of drug-likeness (QED) is 0.708. The Labute approximate surface area is 94.0 Å². The molecule has 0 spiro atoms. The summed E-state index contributed by atoms with van der Waals surface area (Å²) in [5, 5.41) is 0. The third-order valence-electron chi connectivity index (χ3n) is 4.24. The average molecular weight is 211 g/mol. The Morgan fingerprint density at radius 1 is 1.07 bits per heavy atom. The van der Waals surface area contributed by atoms with Crippen molar-refractivity contribution in [1.82, 2.24) is 4.90 Å². The Hall–Kier alpha value is -0.0800. The zero-order valence-electron chi connectivity index (χ0n) is 10.1. The molecule has 2 aliphatic rings. The fourth-order valence-corrected chi connectivity index (χ4v) is 3.28. The van der Waals surface area contributed by atoms with Crippen molar-refractivity contribution in [3.63, 3.8) is 0 Å². The fraction of sp³-hybridized carbons (Fsp3) is 1.00. The first-order valence-electron chi connectivity index (χ1n) is 6.61. The molecule has 2 nitrogen and oxygen atoms in total. The average Bonchev–Trinajstić information content (AvgIpc) is 2.76. The maximum atomic E-state index is 5.14. The fourth-order valence-electron chi connectivity index (χ4n) is 3.28. The number of methoxy groups -OCH3 is 1. The van der Waals surface area contributed by atoms with E-state index in [9.17, 15) is 0 Å². The van der Waals surface area contributed by atoms with Crippen molar-refractivity contribution in [2.24, 2.45) is 11.8 Å². The highest BCUT2D eigenvalue weighted by Crippen LogP contribution is 2.34. The number of nitrogens with zero attached hydrogens (tertiary/aromatic N) is 1. The van der Waals surface area contributed by atoms with Crippen molar-refractivity contribution in [3.05, 3.63) is 0 Å². The van der Waals surface area contributed by atoms with E-state index in [1.165, 1.54) is 51.6 Å². The van der Waals surface area contributed by atoms with Gasteiger partial charge in [0.15, 0.2) is 0 Å². The van der Waals surface area contributed by atoms with Crippen LogP contribution in [0.3, 0.4) is 0 Å². The van der Waals surface area contributed by atoms with Gasteiger partial charge in [0, 0.05) is 20.2 Å². The van der Waals surface area contributed by atoms with Crippen LogP contribution in [0.2, 0.25) is 0 Å². The van der Waals surface area contributed by atoms with Gasteiger partial charge in [0.1, 0.15) is 0 Å². The van der Waals surface area contributed by atoms with Crippen molar-refractivity contribution in [2.45, 2.75) is 38.5 Å². The monoisotopic (exact) mass is 211 g/mol. The van der Waals surface area contributed by atoms with Gasteiger partial charge in [0.05, 0.1) is 6.61 Å². The minimum absolute atomic E-state index is 0.900. The molecule has 1 saturated heterocycles. The lowest BCUT2D eigenvalue weighted by molar-refractivity contribution is 0.154. The second kappa shape index (κ2) is 5.86. The Balaban J connectivity index is 1.71. The lowest BCUT2D eigenvalue weighted by atomic mass is 9.80. The summed E-state index contributed by atoms with van der Waals surface area (Å²) < 4.78 is 5.14. The van der Waals surface area contributed by atoms with E-state index in [0.29, 0.717) is 0 Å². The van der Waals surface area contributed by atoms with E-state index in [4.69, 9.17) is 4.74 Å². The number of hydrogen-bond acceptors (Lipinski definition) is 2. The lowest BCUT2D eigenvalue weighted by Gasteiger charge is -2.27. The molecule has 0 unspecified atom stereocenters. The molecular formula is C13H25NO. The van der Waals surface area contributed by atoms with Crippen molar-refractivity contribution in [3.8, 4) is 0 Å². The van der Waals surface area contributed by atoms with Crippen LogP contribution in [0, 0.1) is 11.8 Å². The van der Waals surface area contributed by atoms with E-state index in [-0.39, 0.29) is 0 Å². The first-order chi connectivity index (χ1) is 7.40. The Morgan fingerprint density at radius 3 is 2.60 bits per heavy atom. The number of likely N-dealkylation sites (tertiary alicyclic amines) is 1. The summed E-state index contributed by atoms with van der Waals surface area (Å²) in [7, 11) is 1.80. The van der Waals surface area contributed by atoms with Crippen molar-refractivity contribution < 1.29 is 4.74 Å². The van der Waals surface area contributed by atoms with Crippen LogP contribution in [-0.4, -0.2) is 38.3 Å². The van der Waals surface area contributed by atoms with Gasteiger partial charge in [0.25, 0.3) is 0 Å². The molecule has 1 aliphatic carbocycles. The van der Waals surface area contributed by atoms with Gasteiger partial charge in [-0.2, -0.15) is 0 Å². The first-order valence-corrected chi connectivity index (χ1v) is 6.61. The van der Waals surface area contributed by atoms with Crippen LogP contribution in [-0.2, 0) is 4.74 Å². The molecule has 0 radical (unpaired) electrons. The molecule has 2 fully saturated rings. The molecule has 2 heteroatoms. The summed E-state index contributed by atoms with van der Waals surface area (Å²) in [6.45, 7) is 4.69. The van der Waals surface area contributed by atoms with Gasteiger partial charge in [0.2, 0.25) is 0 Å². The smallest absolute Gasteiger partial charge is 0.0589 e. The van der Waals surface area contributed by atoms with Crippen LogP contribution in [0.5, 0.6) is 0 Å². The van der Waals surface area contributed by atoms with Crippen molar-refractivity contribution in [1.29, 1.82) is 0 Å². The third-order valence-corrected chi connectivity index (χ3v) is 4.24. The van der Waals surface area contributed by atoms with E-state index in [2.05, 4.69) is 4.90 Å². The minimum Gasteiger partial charge on any atom is -0.383 e. The lowest BCUT2D eigenvalue weighted by Crippen LogP contribution is -2.27. The molecule has 0 N–H and O–H groups in total. The zero-order chi connectivity index (χ0) is 10.5. The molecule has 1 atom stereocenters. The highest BCUT2D eigenvalue weighted by atomic mass is 16.5. The van der Waals surface area contributed by atoms with Gasteiger partial charge in [-0.05, 0) is 24.8 Å². The SMILES string of the molecule is COCCN1CC[C@H](C2CCCCC2)C1. The molecule has 88 valence electrons. The molecule has 0 aromatic rings. The molecule has 2 rings (SSSR count). The highest BCUT2D eigenvalue weighted by Gasteiger charge is 2.29. The Kier molecular flexibility index (Phi) is 4.45. The second-order valence-corrected chi connectivity index (χ2v) is 5.24. The Morgan fingerprint density at radius 2 is 1.87 bits per heavy atom. The molecule has 1 heterocycles. The van der Waals surface area contributed by atoms with E-state index in [1.807, 2.05) is 0 Å². The largest absolute Gasteiger partial charge is 0.383 e. The van der Waals surface area contributed by atoms with Crippen LogP contribution >= 0.6 is 0 Å². The summed E-state index contributed by atoms with van der Waals surface area (Å²) in [6.07, 6.45) is 8.90. The summed E-state index contributed by atoms with van der Waals surface area (Å²) in [6, 6.07) is 0. The maximum Gasteiger partial charge on any atom is 0.0589 e. The number of ether oxygens (including phenoxy) is 1. The van der Waals surface area contributed by atoms with Crippen molar-refractivity contribution in [2.75, 3.05) is 33.4 Å². The zero-order valence-corrected chi connectivity index (χ0v) is 10.1. The minimum atomic E-state index is 0.900. The van der Waals surface area contributed by atoms with Crippen molar-refractivity contribution >= 4 is 0 Å². The standard InChI is InChI=1S/C13H25NO/c1-15-10-9-14-8-7-13(11-14)12-5-3-2-4-6-12/h12-13H,2-11H2,1H3/t13-/m0/s1. The Bertz CT molecular complexity index is 177. The highest BCUT2D eigenvalue weighted by molar-refractivity contribution is 4.82. The van der Waals surface area contributed by atoms with Gasteiger partial charge in [-0.3, -0.25) is 0 Å². The summed E-state index contributed by atoms with van der Waals surface area (Å²) in [5.41, 5.74) is 0. The normalized spacial score (nSPS) is 29.8. The van der Waals surface area contributed by atoms with Gasteiger partial charge < -0.3 is 9.64 Å². The van der Waals surface area contributed by atoms with Crippen LogP contribution in [0.25, 0.3) is 0 Å². The van der Waals surface area contributed by atoms with Gasteiger partial charge in [-0.15, -0.1) is 0 Å². The van der Waals surface area contributed by atoms with Gasteiger partial charge >= 0.3 is 0 Å². The first kappa shape index (κ1) is 11.4.